The van der Waals surface area contributed by atoms with Gasteiger partial charge in [-0.3, -0.25) is 4.79 Å². The maximum Gasteiger partial charge on any atom is 0.225 e. The summed E-state index contributed by atoms with van der Waals surface area (Å²) in [5.74, 6) is 0.616. The monoisotopic (exact) mass is 497 g/mol. The Morgan fingerprint density at radius 3 is 2.84 bits per heavy atom. The number of carbonyl (C=O) groups is 1. The molecule has 0 bridgehead atoms. The lowest BCUT2D eigenvalue weighted by Gasteiger charge is -2.22. The van der Waals surface area contributed by atoms with Crippen LogP contribution < -0.4 is 10.6 Å². The van der Waals surface area contributed by atoms with Gasteiger partial charge < -0.3 is 15.5 Å². The van der Waals surface area contributed by atoms with E-state index in [-0.39, 0.29) is 17.4 Å². The molecule has 1 aliphatic heterocycles. The van der Waals surface area contributed by atoms with E-state index in [0.717, 1.165) is 48.0 Å². The van der Waals surface area contributed by atoms with Gasteiger partial charge in [-0.05, 0) is 52.9 Å². The van der Waals surface area contributed by atoms with E-state index in [1.54, 1.807) is 17.9 Å². The summed E-state index contributed by atoms with van der Waals surface area (Å²) >= 11 is 3.52. The summed E-state index contributed by atoms with van der Waals surface area (Å²) in [6, 6.07) is 8.17. The molecule has 1 aromatic carbocycles. The molecule has 2 atom stereocenters. The fourth-order valence-corrected chi connectivity index (χ4v) is 4.91. The van der Waals surface area contributed by atoms with Gasteiger partial charge >= 0.3 is 0 Å². The Morgan fingerprint density at radius 2 is 2.12 bits per heavy atom. The fraction of sp³-hybridized carbons (Fsp3) is 0.409. The Bertz CT molecular complexity index is 1210. The number of rotatable bonds is 5. The first-order valence-corrected chi connectivity index (χ1v) is 11.5. The van der Waals surface area contributed by atoms with Crippen molar-refractivity contribution in [2.75, 3.05) is 19.0 Å². The second-order valence-corrected chi connectivity index (χ2v) is 9.28. The van der Waals surface area contributed by atoms with Crippen molar-refractivity contribution in [3.05, 3.63) is 40.6 Å². The molecule has 2 aliphatic rings. The van der Waals surface area contributed by atoms with Gasteiger partial charge in [0.2, 0.25) is 11.9 Å². The van der Waals surface area contributed by atoms with E-state index in [2.05, 4.69) is 41.8 Å². The number of nitrogens with zero attached hydrogens (tertiary/aromatic N) is 5. The van der Waals surface area contributed by atoms with E-state index >= 15 is 0 Å². The molecule has 5 rings (SSSR count). The van der Waals surface area contributed by atoms with Gasteiger partial charge in [-0.1, -0.05) is 24.2 Å². The van der Waals surface area contributed by atoms with Crippen LogP contribution in [0.3, 0.4) is 0 Å². The predicted octanol–water partition coefficient (Wildman–Crippen LogP) is 3.42. The molecule has 1 amide bonds. The summed E-state index contributed by atoms with van der Waals surface area (Å²) in [6.45, 7) is 2.64. The van der Waals surface area contributed by atoms with Crippen LogP contribution in [0.25, 0.3) is 16.7 Å². The first-order chi connectivity index (χ1) is 15.5. The van der Waals surface area contributed by atoms with Crippen LogP contribution in [-0.4, -0.2) is 51.1 Å². The summed E-state index contributed by atoms with van der Waals surface area (Å²) in [5, 5.41) is 15.7. The minimum atomic E-state index is -0.363. The lowest BCUT2D eigenvalue weighted by atomic mass is 9.87. The average Bonchev–Trinajstić information content (AvgIpc) is 3.54. The third-order valence-electron chi connectivity index (χ3n) is 6.28. The van der Waals surface area contributed by atoms with E-state index in [9.17, 15) is 4.79 Å². The molecule has 0 unspecified atom stereocenters. The number of carbonyl (C=O) groups excluding carboxylic acids is 1. The lowest BCUT2D eigenvalue weighted by Crippen LogP contribution is -2.35. The van der Waals surface area contributed by atoms with E-state index in [0.29, 0.717) is 22.8 Å². The molecule has 32 heavy (non-hydrogen) atoms. The number of benzene rings is 1. The largest absolute Gasteiger partial charge is 0.395 e. The number of hydrogen-bond acceptors (Lipinski definition) is 7. The van der Waals surface area contributed by atoms with Crippen LogP contribution in [0, 0.1) is 5.41 Å². The standard InChI is InChI=1S/C22H24BrN7O2/c1-22(20(31)24-2)9-7-14(11-22)26-21-25-12-16-18(23)28-30(19(16)27-21)15-5-3-13(4-6-15)17-8-10-32-29-17/h3-6,12,14H,7-11H2,1-2H3,(H,24,31)(H,25,26,27)/t14-,22-/m1/s1. The number of amides is 1. The Hall–Kier alpha value is -3.01. The first kappa shape index (κ1) is 20.9. The maximum absolute atomic E-state index is 12.2. The second-order valence-electron chi connectivity index (χ2n) is 8.53. The van der Waals surface area contributed by atoms with Crippen molar-refractivity contribution in [1.29, 1.82) is 0 Å². The van der Waals surface area contributed by atoms with Crippen LogP contribution in [0.4, 0.5) is 5.95 Å². The maximum atomic E-state index is 12.2. The Balaban J connectivity index is 1.41. The van der Waals surface area contributed by atoms with Crippen LogP contribution >= 0.6 is 15.9 Å². The predicted molar refractivity (Wildman–Crippen MR) is 125 cm³/mol. The topological polar surface area (TPSA) is 106 Å². The third kappa shape index (κ3) is 3.72. The SMILES string of the molecule is CNC(=O)[C@]1(C)CC[C@@H](Nc2ncc3c(Br)nn(-c4ccc(C5=NOCC5)cc4)c3n2)C1. The van der Waals surface area contributed by atoms with Crippen LogP contribution in [-0.2, 0) is 9.63 Å². The van der Waals surface area contributed by atoms with Crippen LogP contribution in [0.15, 0.2) is 40.2 Å². The number of fused-ring (bicyclic) bond motifs is 1. The van der Waals surface area contributed by atoms with Gasteiger partial charge in [0.1, 0.15) is 11.2 Å². The molecule has 1 aliphatic carbocycles. The molecule has 3 heterocycles. The highest BCUT2D eigenvalue weighted by molar-refractivity contribution is 9.10. The summed E-state index contributed by atoms with van der Waals surface area (Å²) < 4.78 is 2.48. The number of hydrogen-bond donors (Lipinski definition) is 2. The molecule has 10 heteroatoms. The van der Waals surface area contributed by atoms with Crippen molar-refractivity contribution >= 4 is 44.5 Å². The molecule has 166 valence electrons. The summed E-state index contributed by atoms with van der Waals surface area (Å²) in [5.41, 5.74) is 3.23. The molecule has 0 radical (unpaired) electrons. The van der Waals surface area contributed by atoms with Gasteiger partial charge in [-0.15, -0.1) is 0 Å². The van der Waals surface area contributed by atoms with Gasteiger partial charge in [0.25, 0.3) is 0 Å². The number of halogens is 1. The zero-order chi connectivity index (χ0) is 22.3. The minimum absolute atomic E-state index is 0.0822. The summed E-state index contributed by atoms with van der Waals surface area (Å²) in [7, 11) is 1.69. The Kier molecular flexibility index (Phi) is 5.32. The number of oxime groups is 1. The molecule has 2 N–H and O–H groups in total. The number of nitrogens with one attached hydrogen (secondary N) is 2. The molecule has 2 aromatic heterocycles. The Morgan fingerprint density at radius 1 is 1.31 bits per heavy atom. The summed E-state index contributed by atoms with van der Waals surface area (Å²) in [6.07, 6.45) is 5.05. The fourth-order valence-electron chi connectivity index (χ4n) is 4.48. The van der Waals surface area contributed by atoms with Crippen molar-refractivity contribution in [3.63, 3.8) is 0 Å². The zero-order valence-electron chi connectivity index (χ0n) is 17.9. The lowest BCUT2D eigenvalue weighted by molar-refractivity contribution is -0.129. The van der Waals surface area contributed by atoms with Crippen LogP contribution in [0.1, 0.15) is 38.2 Å². The quantitative estimate of drug-likeness (QED) is 0.559. The zero-order valence-corrected chi connectivity index (χ0v) is 19.5. The summed E-state index contributed by atoms with van der Waals surface area (Å²) in [4.78, 5) is 26.6. The van der Waals surface area contributed by atoms with Crippen LogP contribution in [0.5, 0.6) is 0 Å². The second kappa shape index (κ2) is 8.16. The van der Waals surface area contributed by atoms with Gasteiger partial charge in [-0.25, -0.2) is 9.67 Å². The molecule has 3 aromatic rings. The molecule has 0 spiro atoms. The number of aromatic nitrogens is 4. The first-order valence-electron chi connectivity index (χ1n) is 10.7. The normalized spacial score (nSPS) is 22.6. The molecule has 0 saturated heterocycles. The Labute approximate surface area is 193 Å². The van der Waals surface area contributed by atoms with Gasteiger partial charge in [0.05, 0.1) is 16.8 Å². The van der Waals surface area contributed by atoms with Crippen molar-refractivity contribution < 1.29 is 9.63 Å². The molecule has 1 fully saturated rings. The molecular formula is C22H24BrN7O2. The third-order valence-corrected chi connectivity index (χ3v) is 6.87. The number of anilines is 1. The van der Waals surface area contributed by atoms with Gasteiger partial charge in [0, 0.05) is 31.1 Å². The highest BCUT2D eigenvalue weighted by Gasteiger charge is 2.40. The van der Waals surface area contributed by atoms with Gasteiger partial charge in [-0.2, -0.15) is 10.1 Å². The highest BCUT2D eigenvalue weighted by Crippen LogP contribution is 2.39. The van der Waals surface area contributed by atoms with Crippen molar-refractivity contribution in [1.82, 2.24) is 25.1 Å². The van der Waals surface area contributed by atoms with Crippen molar-refractivity contribution in [2.45, 2.75) is 38.6 Å². The molecule has 9 nitrogen and oxygen atoms in total. The van der Waals surface area contributed by atoms with E-state index in [1.807, 2.05) is 31.2 Å². The molecule has 1 saturated carbocycles. The van der Waals surface area contributed by atoms with Gasteiger partial charge in [0.15, 0.2) is 5.65 Å². The van der Waals surface area contributed by atoms with E-state index in [1.165, 1.54) is 0 Å². The highest BCUT2D eigenvalue weighted by atomic mass is 79.9. The van der Waals surface area contributed by atoms with Crippen LogP contribution in [0.2, 0.25) is 0 Å². The molecular weight excluding hydrogens is 474 g/mol. The minimum Gasteiger partial charge on any atom is -0.395 e. The van der Waals surface area contributed by atoms with Crippen molar-refractivity contribution in [3.8, 4) is 5.69 Å². The van der Waals surface area contributed by atoms with E-state index in [4.69, 9.17) is 9.82 Å². The average molecular weight is 498 g/mol. The van der Waals surface area contributed by atoms with Crippen molar-refractivity contribution in [2.24, 2.45) is 10.6 Å². The smallest absolute Gasteiger partial charge is 0.225 e. The van der Waals surface area contributed by atoms with E-state index < -0.39 is 0 Å².